The first-order chi connectivity index (χ1) is 15.8. The van der Waals surface area contributed by atoms with Crippen molar-refractivity contribution in [2.75, 3.05) is 11.9 Å². The molecule has 1 amide bonds. The number of rotatable bonds is 9. The van der Waals surface area contributed by atoms with Crippen LogP contribution in [0.1, 0.15) is 5.56 Å². The number of ether oxygens (including phenoxy) is 1. The van der Waals surface area contributed by atoms with Gasteiger partial charge in [-0.3, -0.25) is 25.0 Å². The third-order valence-corrected chi connectivity index (χ3v) is 4.88. The van der Waals surface area contributed by atoms with Crippen LogP contribution < -0.4 is 15.5 Å². The highest BCUT2D eigenvalue weighted by molar-refractivity contribution is 14.1. The molecule has 12 heteroatoms. The highest BCUT2D eigenvalue weighted by Crippen LogP contribution is 2.34. The Labute approximate surface area is 200 Å². The number of anilines is 1. The van der Waals surface area contributed by atoms with Gasteiger partial charge in [0.05, 0.1) is 28.7 Å². The molecule has 0 bridgehead atoms. The molecular weight excluding hydrogens is 545 g/mol. The van der Waals surface area contributed by atoms with Gasteiger partial charge in [0.2, 0.25) is 5.75 Å². The number of amides is 1. The molecule has 0 aliphatic heterocycles. The predicted octanol–water partition coefficient (Wildman–Crippen LogP) is 4.46. The lowest BCUT2D eigenvalue weighted by Gasteiger charge is -2.06. The molecular formula is C21H16IN5O6. The molecule has 11 nitrogen and oxygen atoms in total. The number of hydrazone groups is 1. The van der Waals surface area contributed by atoms with Crippen LogP contribution in [0.2, 0.25) is 0 Å². The van der Waals surface area contributed by atoms with Gasteiger partial charge in [-0.1, -0.05) is 0 Å². The number of nitro benzene ring substituents is 2. The summed E-state index contributed by atoms with van der Waals surface area (Å²) in [7, 11) is 0. The molecule has 2 N–H and O–H groups in total. The van der Waals surface area contributed by atoms with E-state index in [1.807, 2.05) is 24.3 Å². The molecule has 33 heavy (non-hydrogen) atoms. The van der Waals surface area contributed by atoms with Crippen molar-refractivity contribution in [3.05, 3.63) is 96.1 Å². The first-order valence-corrected chi connectivity index (χ1v) is 10.4. The zero-order valence-electron chi connectivity index (χ0n) is 16.8. The molecule has 0 spiro atoms. The van der Waals surface area contributed by atoms with Gasteiger partial charge in [0.25, 0.3) is 11.6 Å². The highest BCUT2D eigenvalue weighted by atomic mass is 127. The Morgan fingerprint density at radius 3 is 2.33 bits per heavy atom. The van der Waals surface area contributed by atoms with Gasteiger partial charge in [0.1, 0.15) is 5.75 Å². The van der Waals surface area contributed by atoms with E-state index in [-0.39, 0.29) is 24.0 Å². The topological polar surface area (TPSA) is 149 Å². The van der Waals surface area contributed by atoms with Crippen LogP contribution in [0, 0.1) is 23.8 Å². The summed E-state index contributed by atoms with van der Waals surface area (Å²) >= 11 is 2.19. The molecule has 3 rings (SSSR count). The van der Waals surface area contributed by atoms with E-state index < -0.39 is 21.2 Å². The fourth-order valence-electron chi connectivity index (χ4n) is 2.57. The van der Waals surface area contributed by atoms with Gasteiger partial charge in [-0.25, -0.2) is 5.43 Å². The van der Waals surface area contributed by atoms with E-state index >= 15 is 0 Å². The van der Waals surface area contributed by atoms with E-state index in [0.29, 0.717) is 5.56 Å². The summed E-state index contributed by atoms with van der Waals surface area (Å²) in [4.78, 5) is 32.4. The first kappa shape index (κ1) is 23.6. The molecule has 0 saturated carbocycles. The van der Waals surface area contributed by atoms with Crippen molar-refractivity contribution < 1.29 is 19.4 Å². The lowest BCUT2D eigenvalue weighted by molar-refractivity contribution is -0.394. The summed E-state index contributed by atoms with van der Waals surface area (Å²) in [5, 5.41) is 28.9. The Hall–Kier alpha value is -4.07. The van der Waals surface area contributed by atoms with Crippen molar-refractivity contribution >= 4 is 51.8 Å². The van der Waals surface area contributed by atoms with E-state index in [0.717, 1.165) is 21.4 Å². The summed E-state index contributed by atoms with van der Waals surface area (Å²) in [6.45, 7) is 0.0543. The van der Waals surface area contributed by atoms with Crippen LogP contribution in [0.4, 0.5) is 17.1 Å². The van der Waals surface area contributed by atoms with Crippen molar-refractivity contribution in [3.8, 4) is 11.5 Å². The van der Waals surface area contributed by atoms with Crippen molar-refractivity contribution in [1.29, 1.82) is 0 Å². The number of carbonyl (C=O) groups excluding carboxylic acids is 1. The molecule has 168 valence electrons. The number of nitrogens with one attached hydrogen (secondary N) is 2. The summed E-state index contributed by atoms with van der Waals surface area (Å²) in [5.74, 6) is -0.162. The number of hydrogen-bond donors (Lipinski definition) is 2. The highest BCUT2D eigenvalue weighted by Gasteiger charge is 2.21. The van der Waals surface area contributed by atoms with Gasteiger partial charge < -0.3 is 10.1 Å². The zero-order valence-corrected chi connectivity index (χ0v) is 19.0. The van der Waals surface area contributed by atoms with Crippen molar-refractivity contribution in [1.82, 2.24) is 5.43 Å². The quantitative estimate of drug-likeness (QED) is 0.170. The fraction of sp³-hybridized carbons (Fsp3) is 0.0476. The maximum Gasteiger partial charge on any atom is 0.318 e. The third kappa shape index (κ3) is 6.96. The number of carbonyl (C=O) groups is 1. The Balaban J connectivity index is 1.55. The number of benzene rings is 3. The molecule has 0 unspecified atom stereocenters. The Kier molecular flexibility index (Phi) is 7.86. The van der Waals surface area contributed by atoms with Crippen molar-refractivity contribution in [2.45, 2.75) is 0 Å². The van der Waals surface area contributed by atoms with E-state index in [2.05, 4.69) is 38.4 Å². The number of nitrogens with zero attached hydrogens (tertiary/aromatic N) is 3. The van der Waals surface area contributed by atoms with Crippen LogP contribution >= 0.6 is 22.6 Å². The minimum Gasteiger partial charge on any atom is -0.450 e. The minimum atomic E-state index is -0.751. The SMILES string of the molecule is O=C(CNc1ccc(I)cc1)N/N=C\c1ccc(Oc2ccc([N+](=O)[O-])cc2[N+](=O)[O-])cc1. The maximum absolute atomic E-state index is 11.9. The van der Waals surface area contributed by atoms with Gasteiger partial charge in [-0.15, -0.1) is 0 Å². The van der Waals surface area contributed by atoms with E-state index in [1.54, 1.807) is 24.3 Å². The number of non-ortho nitro benzene ring substituents is 1. The number of hydrogen-bond acceptors (Lipinski definition) is 8. The van der Waals surface area contributed by atoms with Gasteiger partial charge in [-0.2, -0.15) is 5.10 Å². The maximum atomic E-state index is 11.9. The van der Waals surface area contributed by atoms with Gasteiger partial charge in [0.15, 0.2) is 0 Å². The monoisotopic (exact) mass is 561 g/mol. The summed E-state index contributed by atoms with van der Waals surface area (Å²) in [6, 6.07) is 17.1. The second-order valence-electron chi connectivity index (χ2n) is 6.49. The normalized spacial score (nSPS) is 10.6. The smallest absolute Gasteiger partial charge is 0.318 e. The number of nitro groups is 2. The van der Waals surface area contributed by atoms with Gasteiger partial charge in [0, 0.05) is 15.3 Å². The molecule has 0 aliphatic rings. The molecule has 0 fully saturated rings. The van der Waals surface area contributed by atoms with Crippen LogP contribution in [-0.2, 0) is 4.79 Å². The largest absolute Gasteiger partial charge is 0.450 e. The fourth-order valence-corrected chi connectivity index (χ4v) is 2.93. The van der Waals surface area contributed by atoms with E-state index in [1.165, 1.54) is 12.3 Å². The second-order valence-corrected chi connectivity index (χ2v) is 7.74. The van der Waals surface area contributed by atoms with Crippen LogP contribution in [0.25, 0.3) is 0 Å². The third-order valence-electron chi connectivity index (χ3n) is 4.16. The molecule has 3 aromatic carbocycles. The second kappa shape index (κ2) is 11.0. The zero-order chi connectivity index (χ0) is 23.8. The van der Waals surface area contributed by atoms with Crippen LogP contribution in [0.5, 0.6) is 11.5 Å². The molecule has 0 radical (unpaired) electrons. The van der Waals surface area contributed by atoms with E-state index in [4.69, 9.17) is 4.74 Å². The standard InChI is InChI=1S/C21H16IN5O6/c22-15-3-5-16(6-4-15)23-13-21(28)25-24-12-14-1-8-18(9-2-14)33-20-10-7-17(26(29)30)11-19(20)27(31)32/h1-12,23H,13H2,(H,25,28)/b24-12-. The molecule has 0 saturated heterocycles. The Bertz CT molecular complexity index is 1200. The summed E-state index contributed by atoms with van der Waals surface area (Å²) in [6.07, 6.45) is 1.43. The van der Waals surface area contributed by atoms with Crippen LogP contribution in [0.15, 0.2) is 71.8 Å². The van der Waals surface area contributed by atoms with Crippen LogP contribution in [-0.4, -0.2) is 28.5 Å². The minimum absolute atomic E-state index is 0.0543. The Morgan fingerprint density at radius 2 is 1.70 bits per heavy atom. The van der Waals surface area contributed by atoms with Gasteiger partial charge >= 0.3 is 5.69 Å². The van der Waals surface area contributed by atoms with Crippen molar-refractivity contribution in [2.24, 2.45) is 5.10 Å². The predicted molar refractivity (Wildman–Crippen MR) is 130 cm³/mol. The molecule has 0 heterocycles. The summed E-state index contributed by atoms with van der Waals surface area (Å²) in [5.41, 5.74) is 2.95. The lowest BCUT2D eigenvalue weighted by atomic mass is 10.2. The first-order valence-electron chi connectivity index (χ1n) is 9.34. The van der Waals surface area contributed by atoms with Gasteiger partial charge in [-0.05, 0) is 82.8 Å². The Morgan fingerprint density at radius 1 is 1.00 bits per heavy atom. The molecule has 3 aromatic rings. The molecule has 0 aromatic heterocycles. The molecule has 0 aliphatic carbocycles. The van der Waals surface area contributed by atoms with E-state index in [9.17, 15) is 25.0 Å². The average molecular weight is 561 g/mol. The van der Waals surface area contributed by atoms with Crippen LogP contribution in [0.3, 0.4) is 0 Å². The number of halogens is 1. The summed E-state index contributed by atoms with van der Waals surface area (Å²) < 4.78 is 6.59. The lowest BCUT2D eigenvalue weighted by Crippen LogP contribution is -2.25. The van der Waals surface area contributed by atoms with Crippen molar-refractivity contribution in [3.63, 3.8) is 0 Å². The average Bonchev–Trinajstić information content (AvgIpc) is 2.80. The molecule has 0 atom stereocenters.